The zero-order valence-corrected chi connectivity index (χ0v) is 9.71. The Morgan fingerprint density at radius 2 is 2.00 bits per heavy atom. The molecule has 1 aromatic heterocycles. The molecular weight excluding hydrogens is 208 g/mol. The van der Waals surface area contributed by atoms with Crippen molar-refractivity contribution in [2.75, 3.05) is 0 Å². The van der Waals surface area contributed by atoms with Gasteiger partial charge in [-0.2, -0.15) is 0 Å². The molecule has 0 amide bonds. The van der Waals surface area contributed by atoms with E-state index in [1.165, 1.54) is 16.8 Å². The highest BCUT2D eigenvalue weighted by Gasteiger charge is 2.13. The van der Waals surface area contributed by atoms with E-state index in [-0.39, 0.29) is 6.04 Å². The van der Waals surface area contributed by atoms with Crippen molar-refractivity contribution in [1.29, 1.82) is 0 Å². The number of fused-ring (bicyclic) bond motifs is 1. The molecule has 17 heavy (non-hydrogen) atoms. The fraction of sp³-hybridized carbons (Fsp3) is 0.200. The molecule has 2 aromatic rings. The third-order valence-electron chi connectivity index (χ3n) is 3.25. The van der Waals surface area contributed by atoms with Crippen molar-refractivity contribution in [3.63, 3.8) is 0 Å². The lowest BCUT2D eigenvalue weighted by Crippen LogP contribution is -2.22. The van der Waals surface area contributed by atoms with Gasteiger partial charge < -0.3 is 10.3 Å². The summed E-state index contributed by atoms with van der Waals surface area (Å²) < 4.78 is 2.28. The van der Waals surface area contributed by atoms with Crippen molar-refractivity contribution in [3.8, 4) is 0 Å². The van der Waals surface area contributed by atoms with Gasteiger partial charge in [-0.15, -0.1) is 0 Å². The predicted molar refractivity (Wildman–Crippen MR) is 70.7 cm³/mol. The topological polar surface area (TPSA) is 30.9 Å². The van der Waals surface area contributed by atoms with E-state index >= 15 is 0 Å². The molecule has 2 N–H and O–H groups in total. The van der Waals surface area contributed by atoms with Crippen LogP contribution in [0.3, 0.4) is 0 Å². The number of hydrogen-bond donors (Lipinski definition) is 1. The SMILES string of the molecule is N[C@@H]1C=Cc2c(ccn2Cc2ccccc2)C1. The number of hydrogen-bond acceptors (Lipinski definition) is 1. The Bertz CT molecular complexity index is 537. The molecule has 1 aliphatic carbocycles. The molecule has 0 spiro atoms. The van der Waals surface area contributed by atoms with Crippen LogP contribution in [0, 0.1) is 0 Å². The summed E-state index contributed by atoms with van der Waals surface area (Å²) >= 11 is 0. The minimum Gasteiger partial charge on any atom is -0.343 e. The maximum absolute atomic E-state index is 5.92. The number of nitrogens with two attached hydrogens (primary N) is 1. The third kappa shape index (κ3) is 2.04. The largest absolute Gasteiger partial charge is 0.343 e. The lowest BCUT2D eigenvalue weighted by atomic mass is 10.0. The van der Waals surface area contributed by atoms with Crippen LogP contribution in [0.5, 0.6) is 0 Å². The van der Waals surface area contributed by atoms with E-state index in [1.54, 1.807) is 0 Å². The van der Waals surface area contributed by atoms with Gasteiger partial charge in [0.25, 0.3) is 0 Å². The minimum atomic E-state index is 0.176. The summed E-state index contributed by atoms with van der Waals surface area (Å²) in [6.45, 7) is 0.926. The molecule has 0 bridgehead atoms. The highest BCUT2D eigenvalue weighted by Crippen LogP contribution is 2.20. The Kier molecular flexibility index (Phi) is 2.57. The smallest absolute Gasteiger partial charge is 0.0476 e. The van der Waals surface area contributed by atoms with Crippen LogP contribution in [0.15, 0.2) is 48.7 Å². The second kappa shape index (κ2) is 4.22. The molecule has 1 aromatic carbocycles. The number of nitrogens with zero attached hydrogens (tertiary/aromatic N) is 1. The van der Waals surface area contributed by atoms with Gasteiger partial charge in [-0.1, -0.05) is 36.4 Å². The summed E-state index contributed by atoms with van der Waals surface area (Å²) in [6.07, 6.45) is 7.34. The Morgan fingerprint density at radius 3 is 2.82 bits per heavy atom. The Balaban J connectivity index is 1.90. The molecule has 0 fully saturated rings. The molecule has 3 rings (SSSR count). The van der Waals surface area contributed by atoms with Gasteiger partial charge in [0, 0.05) is 24.5 Å². The molecule has 0 unspecified atom stereocenters. The number of rotatable bonds is 2. The summed E-state index contributed by atoms with van der Waals surface area (Å²) in [5, 5.41) is 0. The van der Waals surface area contributed by atoms with Crippen LogP contribution in [-0.2, 0) is 13.0 Å². The lowest BCUT2D eigenvalue weighted by molar-refractivity contribution is 0.760. The first-order valence-corrected chi connectivity index (χ1v) is 5.98. The minimum absolute atomic E-state index is 0.176. The van der Waals surface area contributed by atoms with Crippen LogP contribution < -0.4 is 5.73 Å². The molecule has 0 radical (unpaired) electrons. The van der Waals surface area contributed by atoms with Gasteiger partial charge in [-0.3, -0.25) is 0 Å². The van der Waals surface area contributed by atoms with Gasteiger partial charge >= 0.3 is 0 Å². The van der Waals surface area contributed by atoms with Crippen LogP contribution in [0.1, 0.15) is 16.8 Å². The first-order valence-electron chi connectivity index (χ1n) is 5.98. The first kappa shape index (κ1) is 10.4. The average molecular weight is 224 g/mol. The van der Waals surface area contributed by atoms with E-state index in [2.05, 4.69) is 53.2 Å². The van der Waals surface area contributed by atoms with Gasteiger partial charge in [-0.25, -0.2) is 0 Å². The van der Waals surface area contributed by atoms with Gasteiger partial charge in [0.1, 0.15) is 0 Å². The molecule has 0 saturated heterocycles. The van der Waals surface area contributed by atoms with E-state index in [0.29, 0.717) is 0 Å². The quantitative estimate of drug-likeness (QED) is 0.834. The van der Waals surface area contributed by atoms with Gasteiger partial charge in [0.15, 0.2) is 0 Å². The number of aromatic nitrogens is 1. The zero-order chi connectivity index (χ0) is 11.7. The van der Waals surface area contributed by atoms with Crippen molar-refractivity contribution in [1.82, 2.24) is 4.57 Å². The molecule has 1 atom stereocenters. The Hall–Kier alpha value is -1.80. The van der Waals surface area contributed by atoms with Crippen molar-refractivity contribution in [2.45, 2.75) is 19.0 Å². The van der Waals surface area contributed by atoms with Crippen molar-refractivity contribution in [3.05, 3.63) is 65.5 Å². The van der Waals surface area contributed by atoms with Crippen LogP contribution in [0.2, 0.25) is 0 Å². The molecule has 2 heteroatoms. The van der Waals surface area contributed by atoms with E-state index < -0.39 is 0 Å². The summed E-state index contributed by atoms with van der Waals surface area (Å²) in [4.78, 5) is 0. The molecular formula is C15H16N2. The van der Waals surface area contributed by atoms with Crippen LogP contribution in [0.25, 0.3) is 6.08 Å². The molecule has 1 heterocycles. The van der Waals surface area contributed by atoms with Gasteiger partial charge in [0.2, 0.25) is 0 Å². The normalized spacial score (nSPS) is 18.1. The molecule has 2 nitrogen and oxygen atoms in total. The second-order valence-electron chi connectivity index (χ2n) is 4.57. The third-order valence-corrected chi connectivity index (χ3v) is 3.25. The monoisotopic (exact) mass is 224 g/mol. The van der Waals surface area contributed by atoms with Crippen molar-refractivity contribution < 1.29 is 0 Å². The summed E-state index contributed by atoms with van der Waals surface area (Å²) in [7, 11) is 0. The average Bonchev–Trinajstić information content (AvgIpc) is 2.73. The Labute approximate surface area is 101 Å². The van der Waals surface area contributed by atoms with Gasteiger partial charge in [0.05, 0.1) is 0 Å². The predicted octanol–water partition coefficient (Wildman–Crippen LogP) is 2.43. The number of benzene rings is 1. The van der Waals surface area contributed by atoms with Crippen molar-refractivity contribution in [2.24, 2.45) is 5.73 Å². The van der Waals surface area contributed by atoms with Gasteiger partial charge in [-0.05, 0) is 29.7 Å². The molecule has 86 valence electrons. The Morgan fingerprint density at radius 1 is 1.18 bits per heavy atom. The fourth-order valence-electron chi connectivity index (χ4n) is 2.36. The fourth-order valence-corrected chi connectivity index (χ4v) is 2.36. The van der Waals surface area contributed by atoms with E-state index in [4.69, 9.17) is 5.73 Å². The van der Waals surface area contributed by atoms with Crippen molar-refractivity contribution >= 4 is 6.08 Å². The maximum atomic E-state index is 5.92. The highest BCUT2D eigenvalue weighted by atomic mass is 15.0. The molecule has 0 aliphatic heterocycles. The van der Waals surface area contributed by atoms with E-state index in [0.717, 1.165) is 13.0 Å². The molecule has 1 aliphatic rings. The summed E-state index contributed by atoms with van der Waals surface area (Å²) in [5.74, 6) is 0. The van der Waals surface area contributed by atoms with E-state index in [1.807, 2.05) is 6.07 Å². The van der Waals surface area contributed by atoms with Crippen LogP contribution >= 0.6 is 0 Å². The summed E-state index contributed by atoms with van der Waals surface area (Å²) in [5.41, 5.74) is 9.90. The first-order chi connectivity index (χ1) is 8.33. The second-order valence-corrected chi connectivity index (χ2v) is 4.57. The maximum Gasteiger partial charge on any atom is 0.0476 e. The van der Waals surface area contributed by atoms with Crippen LogP contribution in [0.4, 0.5) is 0 Å². The lowest BCUT2D eigenvalue weighted by Gasteiger charge is -2.15. The summed E-state index contributed by atoms with van der Waals surface area (Å²) in [6, 6.07) is 12.9. The van der Waals surface area contributed by atoms with Crippen LogP contribution in [-0.4, -0.2) is 10.6 Å². The standard InChI is InChI=1S/C15H16N2/c16-14-6-7-15-13(10-14)8-9-17(15)11-12-4-2-1-3-5-12/h1-9,14H,10-11,16H2/t14-/m1/s1. The molecule has 0 saturated carbocycles. The van der Waals surface area contributed by atoms with E-state index in [9.17, 15) is 0 Å². The zero-order valence-electron chi connectivity index (χ0n) is 9.71. The highest BCUT2D eigenvalue weighted by molar-refractivity contribution is 5.55.